The molecule has 1 aliphatic rings. The molecule has 0 aromatic heterocycles. The summed E-state index contributed by atoms with van der Waals surface area (Å²) >= 11 is 5.62. The second kappa shape index (κ2) is 6.56. The molecule has 0 heterocycles. The highest BCUT2D eigenvalue weighted by molar-refractivity contribution is 6.17. The van der Waals surface area contributed by atoms with Gasteiger partial charge in [-0.2, -0.15) is 5.26 Å². The Hall–Kier alpha value is -1.56. The normalized spacial score (nSPS) is 21.8. The molecule has 3 heteroatoms. The van der Waals surface area contributed by atoms with Gasteiger partial charge < -0.3 is 4.74 Å². The highest BCUT2D eigenvalue weighted by Gasteiger charge is 2.29. The van der Waals surface area contributed by atoms with Gasteiger partial charge in [-0.1, -0.05) is 42.5 Å². The molecule has 1 aromatic rings. The molecule has 0 fully saturated rings. The van der Waals surface area contributed by atoms with Crippen molar-refractivity contribution in [3.63, 3.8) is 0 Å². The smallest absolute Gasteiger partial charge is 0.176 e. The van der Waals surface area contributed by atoms with E-state index in [-0.39, 0.29) is 0 Å². The van der Waals surface area contributed by atoms with Crippen LogP contribution in [0.15, 0.2) is 48.6 Å². The van der Waals surface area contributed by atoms with Gasteiger partial charge in [0.2, 0.25) is 0 Å². The minimum absolute atomic E-state index is 0.510. The van der Waals surface area contributed by atoms with Crippen LogP contribution in [0.1, 0.15) is 18.4 Å². The Morgan fingerprint density at radius 1 is 1.32 bits per heavy atom. The first-order chi connectivity index (χ1) is 9.29. The maximum absolute atomic E-state index is 9.31. The predicted octanol–water partition coefficient (Wildman–Crippen LogP) is 3.94. The molecular weight excluding hydrogens is 258 g/mol. The van der Waals surface area contributed by atoms with E-state index in [0.29, 0.717) is 18.9 Å². The first-order valence-electron chi connectivity index (χ1n) is 6.36. The predicted molar refractivity (Wildman–Crippen MR) is 77.8 cm³/mol. The van der Waals surface area contributed by atoms with Crippen molar-refractivity contribution < 1.29 is 4.74 Å². The molecule has 2 rings (SSSR count). The van der Waals surface area contributed by atoms with E-state index in [1.807, 2.05) is 30.4 Å². The number of ether oxygens (including phenoxy) is 1. The molecule has 1 atom stereocenters. The molecule has 0 amide bonds. The second-order valence-corrected chi connectivity index (χ2v) is 4.83. The maximum atomic E-state index is 9.31. The number of nitriles is 1. The number of alkyl halides is 1. The third kappa shape index (κ3) is 3.47. The lowest BCUT2D eigenvalue weighted by molar-refractivity contribution is 0.0356. The number of benzene rings is 1. The lowest BCUT2D eigenvalue weighted by Gasteiger charge is -2.25. The van der Waals surface area contributed by atoms with E-state index in [4.69, 9.17) is 16.3 Å². The maximum Gasteiger partial charge on any atom is 0.176 e. The molecule has 0 bridgehead atoms. The Morgan fingerprint density at radius 3 is 2.68 bits per heavy atom. The monoisotopic (exact) mass is 273 g/mol. The summed E-state index contributed by atoms with van der Waals surface area (Å²) in [5, 5.41) is 9.31. The van der Waals surface area contributed by atoms with Crippen LogP contribution in [-0.4, -0.2) is 18.1 Å². The van der Waals surface area contributed by atoms with E-state index in [1.165, 1.54) is 0 Å². The standard InChI is InChI=1S/C16H16ClNO/c17-11-4-12-19-16(13-18)9-7-15(8-10-16)14-5-2-1-3-6-14/h1-3,5-9H,4,10-12H2. The molecule has 0 saturated heterocycles. The van der Waals surface area contributed by atoms with Crippen molar-refractivity contribution in [3.05, 3.63) is 54.1 Å². The molecule has 2 nitrogen and oxygen atoms in total. The zero-order chi connectivity index (χ0) is 13.6. The summed E-state index contributed by atoms with van der Waals surface area (Å²) in [4.78, 5) is 0. The van der Waals surface area contributed by atoms with Crippen LogP contribution in [0.4, 0.5) is 0 Å². The fourth-order valence-corrected chi connectivity index (χ4v) is 2.11. The SMILES string of the molecule is N#CC1(OCCCCl)C=CC(c2ccccc2)=CC1. The fourth-order valence-electron chi connectivity index (χ4n) is 2.00. The lowest BCUT2D eigenvalue weighted by atomic mass is 9.90. The molecule has 1 aliphatic carbocycles. The Labute approximate surface area is 119 Å². The summed E-state index contributed by atoms with van der Waals surface area (Å²) in [5.74, 6) is 0.552. The van der Waals surface area contributed by atoms with E-state index < -0.39 is 5.60 Å². The third-order valence-electron chi connectivity index (χ3n) is 3.09. The van der Waals surface area contributed by atoms with E-state index in [2.05, 4.69) is 24.3 Å². The Kier molecular flexibility index (Phi) is 4.79. The number of nitrogens with zero attached hydrogens (tertiary/aromatic N) is 1. The Bertz CT molecular complexity index is 515. The molecule has 0 saturated carbocycles. The van der Waals surface area contributed by atoms with Crippen molar-refractivity contribution in [1.29, 1.82) is 5.26 Å². The van der Waals surface area contributed by atoms with Crippen LogP contribution in [0, 0.1) is 11.3 Å². The fraction of sp³-hybridized carbons (Fsp3) is 0.312. The van der Waals surface area contributed by atoms with Gasteiger partial charge in [0.05, 0.1) is 6.61 Å². The highest BCUT2D eigenvalue weighted by atomic mass is 35.5. The zero-order valence-electron chi connectivity index (χ0n) is 10.7. The van der Waals surface area contributed by atoms with Crippen LogP contribution >= 0.6 is 11.6 Å². The molecule has 1 aromatic carbocycles. The largest absolute Gasteiger partial charge is 0.356 e. The van der Waals surface area contributed by atoms with Gasteiger partial charge in [-0.05, 0) is 23.6 Å². The highest BCUT2D eigenvalue weighted by Crippen LogP contribution is 2.29. The summed E-state index contributed by atoms with van der Waals surface area (Å²) < 4.78 is 5.67. The van der Waals surface area contributed by atoms with Crippen molar-refractivity contribution in [2.45, 2.75) is 18.4 Å². The average molecular weight is 274 g/mol. The molecule has 98 valence electrons. The molecule has 0 spiro atoms. The van der Waals surface area contributed by atoms with Crippen molar-refractivity contribution in [2.24, 2.45) is 0 Å². The molecular formula is C16H16ClNO. The van der Waals surface area contributed by atoms with Crippen molar-refractivity contribution in [2.75, 3.05) is 12.5 Å². The molecule has 1 unspecified atom stereocenters. The lowest BCUT2D eigenvalue weighted by Crippen LogP contribution is -2.29. The van der Waals surface area contributed by atoms with Gasteiger partial charge in [0, 0.05) is 12.3 Å². The molecule has 0 N–H and O–H groups in total. The van der Waals surface area contributed by atoms with E-state index in [0.717, 1.165) is 17.6 Å². The van der Waals surface area contributed by atoms with Gasteiger partial charge in [0.1, 0.15) is 6.07 Å². The van der Waals surface area contributed by atoms with Gasteiger partial charge in [0.15, 0.2) is 5.60 Å². The summed E-state index contributed by atoms with van der Waals surface area (Å²) in [6.07, 6.45) is 7.20. The van der Waals surface area contributed by atoms with E-state index in [9.17, 15) is 5.26 Å². The molecule has 19 heavy (non-hydrogen) atoms. The van der Waals surface area contributed by atoms with Gasteiger partial charge >= 0.3 is 0 Å². The number of hydrogen-bond acceptors (Lipinski definition) is 2. The summed E-state index contributed by atoms with van der Waals surface area (Å²) in [6, 6.07) is 12.4. The molecule has 0 aliphatic heterocycles. The summed E-state index contributed by atoms with van der Waals surface area (Å²) in [6.45, 7) is 0.510. The van der Waals surface area contributed by atoms with Crippen molar-refractivity contribution >= 4 is 17.2 Å². The van der Waals surface area contributed by atoms with Crippen LogP contribution in [0.5, 0.6) is 0 Å². The van der Waals surface area contributed by atoms with E-state index >= 15 is 0 Å². The minimum Gasteiger partial charge on any atom is -0.356 e. The average Bonchev–Trinajstić information content (AvgIpc) is 2.49. The molecule has 0 radical (unpaired) electrons. The van der Waals surface area contributed by atoms with Gasteiger partial charge in [-0.25, -0.2) is 0 Å². The Morgan fingerprint density at radius 2 is 2.11 bits per heavy atom. The van der Waals surface area contributed by atoms with Crippen LogP contribution in [0.25, 0.3) is 5.57 Å². The van der Waals surface area contributed by atoms with Gasteiger partial charge in [-0.15, -0.1) is 11.6 Å². The Balaban J connectivity index is 2.06. The first kappa shape index (κ1) is 13.9. The van der Waals surface area contributed by atoms with Gasteiger partial charge in [0.25, 0.3) is 0 Å². The van der Waals surface area contributed by atoms with Crippen LogP contribution in [0.2, 0.25) is 0 Å². The first-order valence-corrected chi connectivity index (χ1v) is 6.89. The van der Waals surface area contributed by atoms with Crippen LogP contribution < -0.4 is 0 Å². The third-order valence-corrected chi connectivity index (χ3v) is 3.36. The van der Waals surface area contributed by atoms with Crippen molar-refractivity contribution in [3.8, 4) is 6.07 Å². The van der Waals surface area contributed by atoms with E-state index in [1.54, 1.807) is 0 Å². The summed E-state index contributed by atoms with van der Waals surface area (Å²) in [7, 11) is 0. The number of allylic oxidation sites excluding steroid dienone is 2. The van der Waals surface area contributed by atoms with Crippen LogP contribution in [-0.2, 0) is 4.74 Å². The number of hydrogen-bond donors (Lipinski definition) is 0. The minimum atomic E-state index is -0.829. The second-order valence-electron chi connectivity index (χ2n) is 4.46. The van der Waals surface area contributed by atoms with Crippen molar-refractivity contribution in [1.82, 2.24) is 0 Å². The number of rotatable bonds is 5. The summed E-state index contributed by atoms with van der Waals surface area (Å²) in [5.41, 5.74) is 1.46. The topological polar surface area (TPSA) is 33.0 Å². The van der Waals surface area contributed by atoms with Gasteiger partial charge in [-0.3, -0.25) is 0 Å². The quantitative estimate of drug-likeness (QED) is 0.601. The van der Waals surface area contributed by atoms with Crippen LogP contribution in [0.3, 0.4) is 0 Å². The zero-order valence-corrected chi connectivity index (χ0v) is 11.4. The number of halogens is 1.